The molecule has 3 nitrogen and oxygen atoms in total. The first-order valence-corrected chi connectivity index (χ1v) is 7.07. The fourth-order valence-corrected chi connectivity index (χ4v) is 2.04. The van der Waals surface area contributed by atoms with Crippen LogP contribution in [0.25, 0.3) is 0 Å². The molecule has 1 aromatic carbocycles. The Hall–Kier alpha value is -0.870. The lowest BCUT2D eigenvalue weighted by molar-refractivity contribution is 0.120. The molecule has 0 aliphatic heterocycles. The highest BCUT2D eigenvalue weighted by Gasteiger charge is 2.16. The smallest absolute Gasteiger partial charge is 0.124 e. The van der Waals surface area contributed by atoms with Crippen molar-refractivity contribution in [3.05, 3.63) is 18.2 Å². The molecule has 0 aliphatic carbocycles. The maximum atomic E-state index is 5.89. The molecule has 0 amide bonds. The van der Waals surface area contributed by atoms with Gasteiger partial charge in [0, 0.05) is 23.0 Å². The highest BCUT2D eigenvalue weighted by molar-refractivity contribution is 7.94. The second-order valence-electron chi connectivity index (χ2n) is 6.32. The fourth-order valence-electron chi connectivity index (χ4n) is 1.51. The molecule has 0 aliphatic rings. The summed E-state index contributed by atoms with van der Waals surface area (Å²) in [5.74, 6) is 1.57. The number of benzene rings is 1. The quantitative estimate of drug-likeness (QED) is 0.749. The van der Waals surface area contributed by atoms with E-state index in [1.807, 2.05) is 59.7 Å². The summed E-state index contributed by atoms with van der Waals surface area (Å²) in [5, 5.41) is 0. The summed E-state index contributed by atoms with van der Waals surface area (Å²) in [5.41, 5.74) is -0.481. The SMILES string of the molecule is COSc1cc(OC(C)(C)C)cc(OC(C)(C)C)c1. The first kappa shape index (κ1) is 16.2. The van der Waals surface area contributed by atoms with E-state index >= 15 is 0 Å². The van der Waals surface area contributed by atoms with Crippen LogP contribution in [0.2, 0.25) is 0 Å². The van der Waals surface area contributed by atoms with E-state index in [-0.39, 0.29) is 11.2 Å². The number of ether oxygens (including phenoxy) is 2. The van der Waals surface area contributed by atoms with Gasteiger partial charge in [0.25, 0.3) is 0 Å². The molecule has 0 spiro atoms. The van der Waals surface area contributed by atoms with Gasteiger partial charge < -0.3 is 13.7 Å². The van der Waals surface area contributed by atoms with Crippen molar-refractivity contribution in [3.63, 3.8) is 0 Å². The number of hydrogen-bond donors (Lipinski definition) is 0. The van der Waals surface area contributed by atoms with Crippen molar-refractivity contribution in [2.75, 3.05) is 7.11 Å². The zero-order chi connectivity index (χ0) is 14.7. The van der Waals surface area contributed by atoms with Gasteiger partial charge in [0.2, 0.25) is 0 Å². The van der Waals surface area contributed by atoms with Gasteiger partial charge in [-0.1, -0.05) is 0 Å². The van der Waals surface area contributed by atoms with Crippen LogP contribution in [0.15, 0.2) is 23.1 Å². The summed E-state index contributed by atoms with van der Waals surface area (Å²) in [6.45, 7) is 12.1. The topological polar surface area (TPSA) is 27.7 Å². The van der Waals surface area contributed by atoms with Crippen LogP contribution in [0.4, 0.5) is 0 Å². The minimum absolute atomic E-state index is 0.241. The second kappa shape index (κ2) is 6.06. The van der Waals surface area contributed by atoms with E-state index < -0.39 is 0 Å². The first-order valence-electron chi connectivity index (χ1n) is 6.33. The van der Waals surface area contributed by atoms with Crippen LogP contribution in [0, 0.1) is 0 Å². The van der Waals surface area contributed by atoms with Gasteiger partial charge in [0.05, 0.1) is 7.11 Å². The van der Waals surface area contributed by atoms with E-state index in [1.165, 1.54) is 12.0 Å². The molecule has 0 saturated carbocycles. The molecule has 0 fully saturated rings. The molecule has 1 aromatic rings. The predicted octanol–water partition coefficient (Wildman–Crippen LogP) is 4.69. The van der Waals surface area contributed by atoms with Gasteiger partial charge in [-0.3, -0.25) is 0 Å². The Morgan fingerprint density at radius 2 is 1.21 bits per heavy atom. The highest BCUT2D eigenvalue weighted by atomic mass is 32.2. The Bertz CT molecular complexity index is 382. The van der Waals surface area contributed by atoms with Crippen LogP contribution in [-0.2, 0) is 4.18 Å². The molecule has 0 N–H and O–H groups in total. The van der Waals surface area contributed by atoms with Crippen molar-refractivity contribution in [2.24, 2.45) is 0 Å². The van der Waals surface area contributed by atoms with E-state index in [9.17, 15) is 0 Å². The number of rotatable bonds is 4. The molecule has 0 saturated heterocycles. The van der Waals surface area contributed by atoms with Gasteiger partial charge in [-0.25, -0.2) is 0 Å². The largest absolute Gasteiger partial charge is 0.488 e. The molecule has 19 heavy (non-hydrogen) atoms. The van der Waals surface area contributed by atoms with E-state index in [0.29, 0.717) is 0 Å². The Labute approximate surface area is 120 Å². The number of hydrogen-bond acceptors (Lipinski definition) is 4. The molecule has 0 heterocycles. The first-order chi connectivity index (χ1) is 8.59. The standard InChI is InChI=1S/C15H24O3S/c1-14(2,3)17-11-8-12(18-15(4,5)6)10-13(9-11)19-16-7/h8-10H,1-7H3. The lowest BCUT2D eigenvalue weighted by Crippen LogP contribution is -2.24. The average molecular weight is 284 g/mol. The summed E-state index contributed by atoms with van der Waals surface area (Å²) < 4.78 is 16.9. The van der Waals surface area contributed by atoms with E-state index in [0.717, 1.165) is 16.4 Å². The van der Waals surface area contributed by atoms with Crippen molar-refractivity contribution < 1.29 is 13.7 Å². The van der Waals surface area contributed by atoms with Crippen molar-refractivity contribution in [1.29, 1.82) is 0 Å². The third kappa shape index (κ3) is 6.73. The van der Waals surface area contributed by atoms with Crippen LogP contribution in [0.3, 0.4) is 0 Å². The third-order valence-corrected chi connectivity index (χ3v) is 2.48. The maximum absolute atomic E-state index is 5.89. The molecule has 4 heteroatoms. The second-order valence-corrected chi connectivity index (χ2v) is 7.29. The van der Waals surface area contributed by atoms with Crippen LogP contribution >= 0.6 is 12.0 Å². The maximum Gasteiger partial charge on any atom is 0.124 e. The molecule has 0 atom stereocenters. The minimum Gasteiger partial charge on any atom is -0.488 e. The van der Waals surface area contributed by atoms with Gasteiger partial charge in [-0.15, -0.1) is 0 Å². The molecular weight excluding hydrogens is 260 g/mol. The Balaban J connectivity index is 3.03. The summed E-state index contributed by atoms with van der Waals surface area (Å²) in [7, 11) is 1.65. The Morgan fingerprint density at radius 3 is 1.53 bits per heavy atom. The van der Waals surface area contributed by atoms with Crippen molar-refractivity contribution in [2.45, 2.75) is 57.6 Å². The van der Waals surface area contributed by atoms with Gasteiger partial charge in [0.15, 0.2) is 0 Å². The van der Waals surface area contributed by atoms with Gasteiger partial charge >= 0.3 is 0 Å². The normalized spacial score (nSPS) is 12.4. The molecule has 0 radical (unpaired) electrons. The fraction of sp³-hybridized carbons (Fsp3) is 0.600. The van der Waals surface area contributed by atoms with Crippen molar-refractivity contribution in [1.82, 2.24) is 0 Å². The monoisotopic (exact) mass is 284 g/mol. The molecule has 0 unspecified atom stereocenters. The molecular formula is C15H24O3S. The third-order valence-electron chi connectivity index (χ3n) is 1.88. The van der Waals surface area contributed by atoms with Crippen LogP contribution in [-0.4, -0.2) is 18.3 Å². The van der Waals surface area contributed by atoms with Crippen LogP contribution < -0.4 is 9.47 Å². The lowest BCUT2D eigenvalue weighted by atomic mass is 10.2. The molecule has 108 valence electrons. The molecule has 0 bridgehead atoms. The van der Waals surface area contributed by atoms with Gasteiger partial charge in [-0.2, -0.15) is 0 Å². The van der Waals surface area contributed by atoms with Crippen molar-refractivity contribution >= 4 is 12.0 Å². The summed E-state index contributed by atoms with van der Waals surface area (Å²) in [4.78, 5) is 0.962. The van der Waals surface area contributed by atoms with E-state index in [2.05, 4.69) is 0 Å². The zero-order valence-corrected chi connectivity index (χ0v) is 13.7. The van der Waals surface area contributed by atoms with Gasteiger partial charge in [-0.05, 0) is 53.7 Å². The van der Waals surface area contributed by atoms with Gasteiger partial charge in [0.1, 0.15) is 22.7 Å². The molecule has 1 rings (SSSR count). The minimum atomic E-state index is -0.241. The van der Waals surface area contributed by atoms with Crippen molar-refractivity contribution in [3.8, 4) is 11.5 Å². The summed E-state index contributed by atoms with van der Waals surface area (Å²) >= 11 is 1.30. The Morgan fingerprint density at radius 1 is 0.789 bits per heavy atom. The highest BCUT2D eigenvalue weighted by Crippen LogP contribution is 2.32. The van der Waals surface area contributed by atoms with Crippen LogP contribution in [0.1, 0.15) is 41.5 Å². The predicted molar refractivity (Wildman–Crippen MR) is 80.1 cm³/mol. The van der Waals surface area contributed by atoms with Crippen LogP contribution in [0.5, 0.6) is 11.5 Å². The Kier molecular flexibility index (Phi) is 5.16. The lowest BCUT2D eigenvalue weighted by Gasteiger charge is -2.25. The zero-order valence-electron chi connectivity index (χ0n) is 12.9. The summed E-state index contributed by atoms with van der Waals surface area (Å²) in [6, 6.07) is 5.82. The summed E-state index contributed by atoms with van der Waals surface area (Å²) in [6.07, 6.45) is 0. The van der Waals surface area contributed by atoms with E-state index in [1.54, 1.807) is 7.11 Å². The van der Waals surface area contributed by atoms with E-state index in [4.69, 9.17) is 13.7 Å². The molecule has 0 aromatic heterocycles. The average Bonchev–Trinajstić information content (AvgIpc) is 2.11.